The summed E-state index contributed by atoms with van der Waals surface area (Å²) in [5.74, 6) is 0.291. The van der Waals surface area contributed by atoms with Crippen LogP contribution in [0.2, 0.25) is 0 Å². The highest BCUT2D eigenvalue weighted by Gasteiger charge is 2.36. The maximum atomic E-state index is 12.2. The van der Waals surface area contributed by atoms with E-state index in [1.54, 1.807) is 0 Å². The smallest absolute Gasteiger partial charge is 0.226 e. The van der Waals surface area contributed by atoms with Crippen LogP contribution in [0.3, 0.4) is 0 Å². The Morgan fingerprint density at radius 3 is 2.71 bits per heavy atom. The molecule has 6 heteroatoms. The molecule has 2 N–H and O–H groups in total. The maximum Gasteiger partial charge on any atom is 0.226 e. The Bertz CT molecular complexity index is 394. The Labute approximate surface area is 102 Å². The number of nitrogens with two attached hydrogens (primary N) is 1. The first-order valence-electron chi connectivity index (χ1n) is 6.21. The number of hydrogen-bond donors (Lipinski definition) is 1. The van der Waals surface area contributed by atoms with Crippen molar-refractivity contribution in [2.75, 3.05) is 31.1 Å². The van der Waals surface area contributed by atoms with Gasteiger partial charge in [0.25, 0.3) is 0 Å². The minimum atomic E-state index is -2.97. The highest BCUT2D eigenvalue weighted by atomic mass is 32.2. The molecular weight excluding hydrogens is 240 g/mol. The molecule has 2 aliphatic rings. The molecule has 0 aliphatic carbocycles. The van der Waals surface area contributed by atoms with Gasteiger partial charge in [-0.2, -0.15) is 0 Å². The number of carbonyl (C=O) groups is 1. The molecule has 0 saturated carbocycles. The minimum Gasteiger partial charge on any atom is -0.342 e. The molecule has 5 nitrogen and oxygen atoms in total. The molecule has 0 aromatic rings. The monoisotopic (exact) mass is 260 g/mol. The number of piperidine rings is 1. The van der Waals surface area contributed by atoms with E-state index < -0.39 is 9.84 Å². The normalized spacial score (nSPS) is 32.6. The number of hydrogen-bond acceptors (Lipinski definition) is 4. The van der Waals surface area contributed by atoms with E-state index in [9.17, 15) is 13.2 Å². The fourth-order valence-electron chi connectivity index (χ4n) is 2.71. The molecule has 0 bridgehead atoms. The van der Waals surface area contributed by atoms with E-state index in [1.807, 2.05) is 4.90 Å². The second-order valence-electron chi connectivity index (χ2n) is 5.13. The molecule has 0 radical (unpaired) electrons. The van der Waals surface area contributed by atoms with Crippen LogP contribution < -0.4 is 5.73 Å². The SMILES string of the molecule is NCC1CCCN(C(=O)C2CCS(=O)(=O)C2)C1. The van der Waals surface area contributed by atoms with Crippen molar-refractivity contribution in [1.82, 2.24) is 4.90 Å². The summed E-state index contributed by atoms with van der Waals surface area (Å²) in [4.78, 5) is 14.0. The molecule has 2 atom stereocenters. The van der Waals surface area contributed by atoms with Crippen molar-refractivity contribution in [3.8, 4) is 0 Å². The van der Waals surface area contributed by atoms with Crippen LogP contribution in [-0.2, 0) is 14.6 Å². The summed E-state index contributed by atoms with van der Waals surface area (Å²) in [5.41, 5.74) is 5.63. The van der Waals surface area contributed by atoms with Crippen molar-refractivity contribution < 1.29 is 13.2 Å². The lowest BCUT2D eigenvalue weighted by atomic mass is 9.96. The molecule has 17 heavy (non-hydrogen) atoms. The molecule has 2 rings (SSSR count). The van der Waals surface area contributed by atoms with Crippen LogP contribution in [0.5, 0.6) is 0 Å². The predicted octanol–water partition coefficient (Wildman–Crippen LogP) is -0.382. The summed E-state index contributed by atoms with van der Waals surface area (Å²) in [7, 11) is -2.97. The minimum absolute atomic E-state index is 0.0178. The van der Waals surface area contributed by atoms with Gasteiger partial charge in [0.2, 0.25) is 5.91 Å². The molecular formula is C11H20N2O3S. The molecule has 2 unspecified atom stereocenters. The zero-order valence-corrected chi connectivity index (χ0v) is 10.8. The summed E-state index contributed by atoms with van der Waals surface area (Å²) in [6.07, 6.45) is 2.54. The molecule has 2 fully saturated rings. The van der Waals surface area contributed by atoms with Crippen molar-refractivity contribution >= 4 is 15.7 Å². The largest absolute Gasteiger partial charge is 0.342 e. The quantitative estimate of drug-likeness (QED) is 0.734. The average Bonchev–Trinajstić information content (AvgIpc) is 2.69. The third-order valence-corrected chi connectivity index (χ3v) is 5.51. The Morgan fingerprint density at radius 1 is 1.35 bits per heavy atom. The lowest BCUT2D eigenvalue weighted by molar-refractivity contribution is -0.136. The van der Waals surface area contributed by atoms with Crippen LogP contribution in [0, 0.1) is 11.8 Å². The van der Waals surface area contributed by atoms with Gasteiger partial charge >= 0.3 is 0 Å². The van der Waals surface area contributed by atoms with E-state index >= 15 is 0 Å². The molecule has 2 aliphatic heterocycles. The standard InChI is InChI=1S/C11H20N2O3S/c12-6-9-2-1-4-13(7-9)11(14)10-3-5-17(15,16)8-10/h9-10H,1-8,12H2. The summed E-state index contributed by atoms with van der Waals surface area (Å²) < 4.78 is 22.7. The molecule has 2 heterocycles. The Hall–Kier alpha value is -0.620. The van der Waals surface area contributed by atoms with Crippen molar-refractivity contribution in [3.05, 3.63) is 0 Å². The summed E-state index contributed by atoms with van der Waals surface area (Å²) in [6, 6.07) is 0. The molecule has 1 amide bonds. The first kappa shape index (κ1) is 12.8. The molecule has 0 aromatic carbocycles. The van der Waals surface area contributed by atoms with Gasteiger partial charge in [0.1, 0.15) is 0 Å². The van der Waals surface area contributed by atoms with Crippen molar-refractivity contribution in [2.45, 2.75) is 19.3 Å². The Balaban J connectivity index is 1.96. The second-order valence-corrected chi connectivity index (χ2v) is 7.36. The van der Waals surface area contributed by atoms with Gasteiger partial charge in [0.15, 0.2) is 9.84 Å². The second kappa shape index (κ2) is 4.94. The molecule has 2 saturated heterocycles. The van der Waals surface area contributed by atoms with Crippen LogP contribution in [0.25, 0.3) is 0 Å². The Kier molecular flexibility index (Phi) is 3.73. The topological polar surface area (TPSA) is 80.5 Å². The van der Waals surface area contributed by atoms with Crippen molar-refractivity contribution in [3.63, 3.8) is 0 Å². The van der Waals surface area contributed by atoms with Crippen LogP contribution in [-0.4, -0.2) is 50.4 Å². The highest BCUT2D eigenvalue weighted by molar-refractivity contribution is 7.91. The third kappa shape index (κ3) is 2.98. The summed E-state index contributed by atoms with van der Waals surface area (Å²) >= 11 is 0. The first-order chi connectivity index (χ1) is 8.02. The van der Waals surface area contributed by atoms with Crippen LogP contribution in [0.15, 0.2) is 0 Å². The number of amides is 1. The Morgan fingerprint density at radius 2 is 2.12 bits per heavy atom. The van der Waals surface area contributed by atoms with E-state index in [4.69, 9.17) is 5.73 Å². The van der Waals surface area contributed by atoms with Gasteiger partial charge in [0.05, 0.1) is 17.4 Å². The zero-order chi connectivity index (χ0) is 12.5. The van der Waals surface area contributed by atoms with E-state index in [0.717, 1.165) is 19.4 Å². The van der Waals surface area contributed by atoms with Crippen molar-refractivity contribution in [2.24, 2.45) is 17.6 Å². The summed E-state index contributed by atoms with van der Waals surface area (Å²) in [5, 5.41) is 0. The maximum absolute atomic E-state index is 12.2. The van der Waals surface area contributed by atoms with E-state index in [1.165, 1.54) is 0 Å². The number of carbonyl (C=O) groups excluding carboxylic acids is 1. The lowest BCUT2D eigenvalue weighted by Gasteiger charge is -2.33. The van der Waals surface area contributed by atoms with Gasteiger partial charge in [-0.3, -0.25) is 4.79 Å². The number of likely N-dealkylation sites (tertiary alicyclic amines) is 1. The number of sulfone groups is 1. The average molecular weight is 260 g/mol. The summed E-state index contributed by atoms with van der Waals surface area (Å²) in [6.45, 7) is 2.06. The molecule has 0 aromatic heterocycles. The number of nitrogens with zero attached hydrogens (tertiary/aromatic N) is 1. The third-order valence-electron chi connectivity index (χ3n) is 3.75. The zero-order valence-electron chi connectivity index (χ0n) is 9.97. The van der Waals surface area contributed by atoms with E-state index in [-0.39, 0.29) is 23.3 Å². The lowest BCUT2D eigenvalue weighted by Crippen LogP contribution is -2.44. The van der Waals surface area contributed by atoms with Gasteiger partial charge in [0, 0.05) is 13.1 Å². The van der Waals surface area contributed by atoms with E-state index in [2.05, 4.69) is 0 Å². The number of rotatable bonds is 2. The van der Waals surface area contributed by atoms with Gasteiger partial charge in [-0.15, -0.1) is 0 Å². The van der Waals surface area contributed by atoms with Crippen molar-refractivity contribution in [1.29, 1.82) is 0 Å². The van der Waals surface area contributed by atoms with Gasteiger partial charge in [-0.1, -0.05) is 0 Å². The van der Waals surface area contributed by atoms with Gasteiger partial charge in [-0.25, -0.2) is 8.42 Å². The fourth-order valence-corrected chi connectivity index (χ4v) is 4.44. The van der Waals surface area contributed by atoms with Crippen LogP contribution in [0.1, 0.15) is 19.3 Å². The van der Waals surface area contributed by atoms with Crippen LogP contribution >= 0.6 is 0 Å². The fraction of sp³-hybridized carbons (Fsp3) is 0.909. The van der Waals surface area contributed by atoms with Gasteiger partial charge in [-0.05, 0) is 31.7 Å². The van der Waals surface area contributed by atoms with Gasteiger partial charge < -0.3 is 10.6 Å². The van der Waals surface area contributed by atoms with E-state index in [0.29, 0.717) is 25.4 Å². The molecule has 98 valence electrons. The first-order valence-corrected chi connectivity index (χ1v) is 8.03. The molecule has 0 spiro atoms. The highest BCUT2D eigenvalue weighted by Crippen LogP contribution is 2.23. The predicted molar refractivity (Wildman–Crippen MR) is 65.1 cm³/mol. The van der Waals surface area contributed by atoms with Crippen LogP contribution in [0.4, 0.5) is 0 Å².